The van der Waals surface area contributed by atoms with Crippen molar-refractivity contribution in [1.82, 2.24) is 9.13 Å². The summed E-state index contributed by atoms with van der Waals surface area (Å²) in [5, 5.41) is 17.3. The summed E-state index contributed by atoms with van der Waals surface area (Å²) in [5.74, 6) is 0. The van der Waals surface area contributed by atoms with Crippen LogP contribution in [0.5, 0.6) is 0 Å². The third-order valence-electron chi connectivity index (χ3n) is 10.7. The zero-order chi connectivity index (χ0) is 39.0. The van der Waals surface area contributed by atoms with Crippen LogP contribution in [0.2, 0.25) is 5.02 Å². The van der Waals surface area contributed by atoms with Gasteiger partial charge < -0.3 is 9.13 Å². The van der Waals surface area contributed by atoms with Gasteiger partial charge in [-0.2, -0.15) is 5.26 Å². The topological polar surface area (TPSA) is 33.6 Å². The summed E-state index contributed by atoms with van der Waals surface area (Å²) < 4.78 is 4.55. The van der Waals surface area contributed by atoms with Crippen molar-refractivity contribution in [2.24, 2.45) is 0 Å². The van der Waals surface area contributed by atoms with Gasteiger partial charge in [-0.1, -0.05) is 129 Å². The molecule has 2 heterocycles. The van der Waals surface area contributed by atoms with Crippen molar-refractivity contribution in [2.75, 3.05) is 0 Å². The highest BCUT2D eigenvalue weighted by molar-refractivity contribution is 7.45. The molecule has 3 nitrogen and oxygen atoms in total. The molecule has 0 aliphatic rings. The summed E-state index contributed by atoms with van der Waals surface area (Å²) in [6, 6.07) is 53.7. The molecule has 0 saturated heterocycles. The van der Waals surface area contributed by atoms with E-state index in [0.29, 0.717) is 10.6 Å². The summed E-state index contributed by atoms with van der Waals surface area (Å²) in [6.07, 6.45) is 14.6. The van der Waals surface area contributed by atoms with Crippen LogP contribution in [-0.4, -0.2) is 15.4 Å². The molecule has 0 saturated carbocycles. The van der Waals surface area contributed by atoms with Crippen molar-refractivity contribution in [3.8, 4) is 39.7 Å². The quantitative estimate of drug-likeness (QED) is 0.112. The fourth-order valence-electron chi connectivity index (χ4n) is 8.13. The molecule has 0 fully saturated rings. The first-order valence-electron chi connectivity index (χ1n) is 19.0. The molecule has 5 heteroatoms. The average Bonchev–Trinajstić information content (AvgIpc) is 3.76. The van der Waals surface area contributed by atoms with E-state index in [4.69, 9.17) is 11.6 Å². The standard InChI is InChI=1S/C52H37ClN3P/c1-4-6-14-36(13-5-2)42-32-51(55-47-23-19-38(35-17-11-8-12-18-35)28-44(47)46-31-41(57-3)22-26-50(46)55)39(33-54)29-52(42)56-48-24-20-37(34-15-9-7-10-16-34)27-43(48)45-30-40(53)21-25-49(45)56/h4-32H,3H2,1-2H3/b6-4+,13-5-,36-14+. The van der Waals surface area contributed by atoms with Gasteiger partial charge in [-0.15, -0.1) is 0 Å². The fraction of sp³-hybridized carbons (Fsp3) is 0.0385. The minimum atomic E-state index is 0.565. The largest absolute Gasteiger partial charge is 0.309 e. The number of halogens is 1. The van der Waals surface area contributed by atoms with E-state index >= 15 is 0 Å². The normalized spacial score (nSPS) is 12.3. The third kappa shape index (κ3) is 6.30. The number of nitriles is 1. The molecule has 0 aliphatic carbocycles. The van der Waals surface area contributed by atoms with Crippen LogP contribution in [0.25, 0.3) is 82.8 Å². The molecule has 0 atom stereocenters. The molecule has 0 amide bonds. The Morgan fingerprint density at radius 2 is 1.14 bits per heavy atom. The van der Waals surface area contributed by atoms with Gasteiger partial charge in [0, 0.05) is 37.4 Å². The molecule has 2 aromatic heterocycles. The van der Waals surface area contributed by atoms with Crippen LogP contribution in [-0.2, 0) is 0 Å². The van der Waals surface area contributed by atoms with E-state index in [2.05, 4.69) is 167 Å². The molecular formula is C52H37ClN3P. The van der Waals surface area contributed by atoms with Gasteiger partial charge in [0.25, 0.3) is 0 Å². The first-order valence-corrected chi connectivity index (χ1v) is 20.4. The molecule has 272 valence electrons. The number of aromatic nitrogens is 2. The van der Waals surface area contributed by atoms with Crippen LogP contribution in [0.4, 0.5) is 0 Å². The Morgan fingerprint density at radius 3 is 1.70 bits per heavy atom. The molecule has 0 aliphatic heterocycles. The van der Waals surface area contributed by atoms with Gasteiger partial charge in [0.1, 0.15) is 6.07 Å². The van der Waals surface area contributed by atoms with Crippen molar-refractivity contribution in [1.29, 1.82) is 5.26 Å². The van der Waals surface area contributed by atoms with Crippen molar-refractivity contribution in [3.63, 3.8) is 0 Å². The number of nitrogens with zero attached hydrogens (tertiary/aromatic N) is 3. The second-order valence-electron chi connectivity index (χ2n) is 14.0. The highest BCUT2D eigenvalue weighted by Crippen LogP contribution is 2.42. The Hall–Kier alpha value is -6.69. The number of benzene rings is 7. The SMILES string of the molecule is C=Pc1ccc2c(c1)c1cc(-c3ccccc3)ccc1n2-c1cc(C(/C=C\C)=C/C=C/C)c(-n2c3ccc(Cl)cc3c3cc(-c4ccccc4)ccc32)cc1C#N. The number of rotatable bonds is 8. The van der Waals surface area contributed by atoms with Crippen LogP contribution in [0, 0.1) is 11.3 Å². The van der Waals surface area contributed by atoms with Gasteiger partial charge in [0.2, 0.25) is 0 Å². The zero-order valence-corrected chi connectivity index (χ0v) is 33.3. The molecule has 0 bridgehead atoms. The predicted molar refractivity (Wildman–Crippen MR) is 247 cm³/mol. The van der Waals surface area contributed by atoms with Crippen LogP contribution in [0.3, 0.4) is 0 Å². The number of hydrogen-bond donors (Lipinski definition) is 0. The highest BCUT2D eigenvalue weighted by Gasteiger charge is 2.23. The summed E-state index contributed by atoms with van der Waals surface area (Å²) in [7, 11) is 0.950. The smallest absolute Gasteiger partial charge is 0.101 e. The van der Waals surface area contributed by atoms with Gasteiger partial charge in [-0.05, 0) is 114 Å². The molecule has 9 rings (SSSR count). The second kappa shape index (κ2) is 15.1. The van der Waals surface area contributed by atoms with E-state index < -0.39 is 0 Å². The Labute approximate surface area is 339 Å². The van der Waals surface area contributed by atoms with E-state index in [-0.39, 0.29) is 0 Å². The van der Waals surface area contributed by atoms with Crippen LogP contribution >= 0.6 is 19.8 Å². The lowest BCUT2D eigenvalue weighted by atomic mass is 9.98. The van der Waals surface area contributed by atoms with E-state index in [1.807, 2.05) is 44.2 Å². The lowest BCUT2D eigenvalue weighted by Gasteiger charge is -2.19. The minimum Gasteiger partial charge on any atom is -0.309 e. The number of fused-ring (bicyclic) bond motifs is 6. The first-order chi connectivity index (χ1) is 28.0. The Morgan fingerprint density at radius 1 is 0.596 bits per heavy atom. The molecule has 0 N–H and O–H groups in total. The van der Waals surface area contributed by atoms with Gasteiger partial charge >= 0.3 is 0 Å². The third-order valence-corrected chi connectivity index (χ3v) is 11.6. The summed E-state index contributed by atoms with van der Waals surface area (Å²) >= 11 is 6.71. The lowest BCUT2D eigenvalue weighted by Crippen LogP contribution is -2.05. The lowest BCUT2D eigenvalue weighted by molar-refractivity contribution is 1.13. The Kier molecular flexibility index (Phi) is 9.53. The maximum atomic E-state index is 11.1. The molecule has 7 aromatic carbocycles. The van der Waals surface area contributed by atoms with E-state index in [1.54, 1.807) is 0 Å². The molecule has 0 radical (unpaired) electrons. The number of allylic oxidation sites excluding steroid dienone is 6. The van der Waals surface area contributed by atoms with Gasteiger partial charge in [-0.25, -0.2) is 0 Å². The minimum absolute atomic E-state index is 0.565. The number of hydrogen-bond acceptors (Lipinski definition) is 1. The zero-order valence-electron chi connectivity index (χ0n) is 31.6. The first kappa shape index (κ1) is 36.0. The van der Waals surface area contributed by atoms with Crippen LogP contribution < -0.4 is 5.30 Å². The second-order valence-corrected chi connectivity index (χ2v) is 15.3. The molecule has 0 spiro atoms. The summed E-state index contributed by atoms with van der Waals surface area (Å²) in [4.78, 5) is 0. The molecular weight excluding hydrogens is 733 g/mol. The maximum absolute atomic E-state index is 11.1. The van der Waals surface area contributed by atoms with Crippen molar-refractivity contribution >= 4 is 80.6 Å². The van der Waals surface area contributed by atoms with Crippen molar-refractivity contribution < 1.29 is 0 Å². The summed E-state index contributed by atoms with van der Waals surface area (Å²) in [5.41, 5.74) is 13.0. The van der Waals surface area contributed by atoms with E-state index in [1.165, 1.54) is 0 Å². The van der Waals surface area contributed by atoms with Crippen molar-refractivity contribution in [3.05, 3.63) is 192 Å². The highest BCUT2D eigenvalue weighted by atomic mass is 35.5. The van der Waals surface area contributed by atoms with Gasteiger partial charge in [0.15, 0.2) is 0 Å². The molecule has 9 aromatic rings. The van der Waals surface area contributed by atoms with Crippen molar-refractivity contribution in [2.45, 2.75) is 13.8 Å². The van der Waals surface area contributed by atoms with Gasteiger partial charge in [0.05, 0.1) is 39.0 Å². The predicted octanol–water partition coefficient (Wildman–Crippen LogP) is 14.3. The van der Waals surface area contributed by atoms with E-state index in [9.17, 15) is 5.26 Å². The molecule has 57 heavy (non-hydrogen) atoms. The molecule has 0 unspecified atom stereocenters. The maximum Gasteiger partial charge on any atom is 0.101 e. The average molecular weight is 770 g/mol. The van der Waals surface area contributed by atoms with Gasteiger partial charge in [-0.3, -0.25) is 0 Å². The Balaban J connectivity index is 1.38. The monoisotopic (exact) mass is 769 g/mol. The van der Waals surface area contributed by atoms with Crippen LogP contribution in [0.15, 0.2) is 176 Å². The van der Waals surface area contributed by atoms with Crippen LogP contribution in [0.1, 0.15) is 25.0 Å². The fourth-order valence-corrected chi connectivity index (χ4v) is 8.70. The summed E-state index contributed by atoms with van der Waals surface area (Å²) in [6.45, 7) is 4.06. The Bertz CT molecular complexity index is 3170. The van der Waals surface area contributed by atoms with E-state index in [0.717, 1.165) is 102 Å².